The van der Waals surface area contributed by atoms with Crippen molar-refractivity contribution in [2.45, 2.75) is 13.5 Å². The van der Waals surface area contributed by atoms with E-state index in [9.17, 15) is 4.79 Å². The van der Waals surface area contributed by atoms with E-state index in [0.29, 0.717) is 16.8 Å². The topological polar surface area (TPSA) is 47.8 Å². The maximum absolute atomic E-state index is 11.8. The summed E-state index contributed by atoms with van der Waals surface area (Å²) in [5, 5.41) is 0. The Balaban J connectivity index is 2.43. The highest BCUT2D eigenvalue weighted by Gasteiger charge is 2.05. The first-order valence-electron chi connectivity index (χ1n) is 4.79. The van der Waals surface area contributed by atoms with E-state index in [1.807, 2.05) is 19.1 Å². The third-order valence-corrected chi connectivity index (χ3v) is 2.81. The van der Waals surface area contributed by atoms with Gasteiger partial charge in [0.2, 0.25) is 0 Å². The lowest BCUT2D eigenvalue weighted by molar-refractivity contribution is 0.693. The third-order valence-electron chi connectivity index (χ3n) is 2.27. The van der Waals surface area contributed by atoms with Crippen molar-refractivity contribution < 1.29 is 0 Å². The molecule has 0 fully saturated rings. The molecule has 0 aromatic carbocycles. The van der Waals surface area contributed by atoms with E-state index in [0.717, 1.165) is 5.56 Å². The molecule has 2 aromatic heterocycles. The van der Waals surface area contributed by atoms with E-state index < -0.39 is 0 Å². The molecular formula is C11H10BrN3O. The van der Waals surface area contributed by atoms with Crippen LogP contribution in [0.1, 0.15) is 11.4 Å². The number of aryl methyl sites for hydroxylation is 1. The number of aromatic nitrogens is 3. The van der Waals surface area contributed by atoms with Gasteiger partial charge in [0, 0.05) is 18.6 Å². The van der Waals surface area contributed by atoms with Crippen molar-refractivity contribution in [2.24, 2.45) is 0 Å². The minimum atomic E-state index is -0.0728. The fourth-order valence-corrected chi connectivity index (χ4v) is 1.73. The van der Waals surface area contributed by atoms with Crippen LogP contribution < -0.4 is 5.56 Å². The molecule has 2 heterocycles. The zero-order chi connectivity index (χ0) is 11.5. The van der Waals surface area contributed by atoms with E-state index in [2.05, 4.69) is 25.9 Å². The van der Waals surface area contributed by atoms with E-state index in [-0.39, 0.29) is 5.56 Å². The molecule has 2 aromatic rings. The first-order chi connectivity index (χ1) is 7.68. The molecule has 2 rings (SSSR count). The highest BCUT2D eigenvalue weighted by atomic mass is 79.9. The van der Waals surface area contributed by atoms with Gasteiger partial charge in [-0.05, 0) is 34.5 Å². The molecule has 0 unspecified atom stereocenters. The number of hydrogen-bond acceptors (Lipinski definition) is 3. The molecule has 16 heavy (non-hydrogen) atoms. The predicted octanol–water partition coefficient (Wildman–Crippen LogP) is 1.76. The number of nitrogens with zero attached hydrogens (tertiary/aromatic N) is 3. The van der Waals surface area contributed by atoms with E-state index in [1.54, 1.807) is 17.0 Å². The van der Waals surface area contributed by atoms with E-state index in [1.165, 1.54) is 6.20 Å². The summed E-state index contributed by atoms with van der Waals surface area (Å²) in [6, 6.07) is 3.78. The average molecular weight is 280 g/mol. The molecule has 4 nitrogen and oxygen atoms in total. The molecule has 0 saturated heterocycles. The lowest BCUT2D eigenvalue weighted by Crippen LogP contribution is -2.24. The summed E-state index contributed by atoms with van der Waals surface area (Å²) in [4.78, 5) is 20.0. The highest BCUT2D eigenvalue weighted by Crippen LogP contribution is 2.04. The molecule has 0 N–H and O–H groups in total. The van der Waals surface area contributed by atoms with Crippen LogP contribution in [-0.4, -0.2) is 14.5 Å². The van der Waals surface area contributed by atoms with Crippen LogP contribution in [0, 0.1) is 6.92 Å². The van der Waals surface area contributed by atoms with Gasteiger partial charge in [0.05, 0.1) is 6.54 Å². The Morgan fingerprint density at radius 1 is 1.44 bits per heavy atom. The first-order valence-corrected chi connectivity index (χ1v) is 5.58. The Kier molecular flexibility index (Phi) is 3.14. The van der Waals surface area contributed by atoms with Crippen molar-refractivity contribution in [1.29, 1.82) is 0 Å². The summed E-state index contributed by atoms with van der Waals surface area (Å²) in [7, 11) is 0. The molecule has 0 aliphatic rings. The fraction of sp³-hybridized carbons (Fsp3) is 0.182. The van der Waals surface area contributed by atoms with Crippen molar-refractivity contribution in [2.75, 3.05) is 0 Å². The van der Waals surface area contributed by atoms with Crippen LogP contribution in [0.5, 0.6) is 0 Å². The van der Waals surface area contributed by atoms with E-state index in [4.69, 9.17) is 0 Å². The summed E-state index contributed by atoms with van der Waals surface area (Å²) < 4.78 is 2.09. The number of hydrogen-bond donors (Lipinski definition) is 0. The molecule has 5 heteroatoms. The van der Waals surface area contributed by atoms with Crippen LogP contribution in [0.3, 0.4) is 0 Å². The zero-order valence-electron chi connectivity index (χ0n) is 8.72. The Hall–Kier alpha value is -1.49. The van der Waals surface area contributed by atoms with Crippen LogP contribution >= 0.6 is 15.9 Å². The van der Waals surface area contributed by atoms with Gasteiger partial charge in [-0.2, -0.15) is 0 Å². The molecule has 0 aliphatic carbocycles. The summed E-state index contributed by atoms with van der Waals surface area (Å²) >= 11 is 3.18. The van der Waals surface area contributed by atoms with Crippen molar-refractivity contribution in [3.05, 3.63) is 56.9 Å². The first kappa shape index (κ1) is 11.0. The van der Waals surface area contributed by atoms with Gasteiger partial charge in [-0.1, -0.05) is 6.07 Å². The maximum Gasteiger partial charge on any atom is 0.268 e. The van der Waals surface area contributed by atoms with Gasteiger partial charge in [-0.15, -0.1) is 0 Å². The van der Waals surface area contributed by atoms with Crippen LogP contribution in [-0.2, 0) is 6.54 Å². The maximum atomic E-state index is 11.8. The van der Waals surface area contributed by atoms with Gasteiger partial charge < -0.3 is 0 Å². The zero-order valence-corrected chi connectivity index (χ0v) is 10.3. The van der Waals surface area contributed by atoms with Crippen LogP contribution in [0.4, 0.5) is 0 Å². The molecule has 0 saturated carbocycles. The Morgan fingerprint density at radius 3 is 2.94 bits per heavy atom. The molecule has 0 atom stereocenters. The Bertz CT molecular complexity index is 551. The fourth-order valence-electron chi connectivity index (χ4n) is 1.41. The summed E-state index contributed by atoms with van der Waals surface area (Å²) in [5.74, 6) is 0.692. The smallest absolute Gasteiger partial charge is 0.268 e. The number of rotatable bonds is 2. The lowest BCUT2D eigenvalue weighted by atomic mass is 10.3. The van der Waals surface area contributed by atoms with Gasteiger partial charge in [0.1, 0.15) is 10.3 Å². The number of halogens is 1. The van der Waals surface area contributed by atoms with Crippen molar-refractivity contribution in [3.63, 3.8) is 0 Å². The third kappa shape index (κ3) is 2.19. The predicted molar refractivity (Wildman–Crippen MR) is 64.3 cm³/mol. The van der Waals surface area contributed by atoms with Crippen LogP contribution in [0.15, 0.2) is 40.0 Å². The summed E-state index contributed by atoms with van der Waals surface area (Å²) in [5.41, 5.74) is 0.906. The second-order valence-corrected chi connectivity index (χ2v) is 4.26. The Labute approximate surface area is 101 Å². The lowest BCUT2D eigenvalue weighted by Gasteiger charge is -2.08. The second-order valence-electron chi connectivity index (χ2n) is 3.41. The summed E-state index contributed by atoms with van der Waals surface area (Å²) in [6.07, 6.45) is 4.97. The monoisotopic (exact) mass is 279 g/mol. The minimum Gasteiger partial charge on any atom is -0.291 e. The van der Waals surface area contributed by atoms with Crippen LogP contribution in [0.25, 0.3) is 0 Å². The van der Waals surface area contributed by atoms with Crippen LogP contribution in [0.2, 0.25) is 0 Å². The molecule has 0 spiro atoms. The van der Waals surface area contributed by atoms with Gasteiger partial charge in [-0.25, -0.2) is 4.98 Å². The standard InChI is InChI=1S/C11H10BrN3O/c1-8-14-6-10(12)11(16)15(8)7-9-3-2-4-13-5-9/h2-6H,7H2,1H3. The molecule has 0 radical (unpaired) electrons. The molecular weight excluding hydrogens is 270 g/mol. The molecule has 0 bridgehead atoms. The SMILES string of the molecule is Cc1ncc(Br)c(=O)n1Cc1cccnc1. The van der Waals surface area contributed by atoms with Crippen molar-refractivity contribution >= 4 is 15.9 Å². The largest absolute Gasteiger partial charge is 0.291 e. The van der Waals surface area contributed by atoms with Gasteiger partial charge >= 0.3 is 0 Å². The molecule has 82 valence electrons. The van der Waals surface area contributed by atoms with Crippen molar-refractivity contribution in [1.82, 2.24) is 14.5 Å². The second kappa shape index (κ2) is 4.57. The highest BCUT2D eigenvalue weighted by molar-refractivity contribution is 9.10. The number of pyridine rings is 1. The van der Waals surface area contributed by atoms with Crippen molar-refractivity contribution in [3.8, 4) is 0 Å². The van der Waals surface area contributed by atoms with Gasteiger partial charge in [0.15, 0.2) is 0 Å². The van der Waals surface area contributed by atoms with Gasteiger partial charge in [-0.3, -0.25) is 14.3 Å². The summed E-state index contributed by atoms with van der Waals surface area (Å²) in [6.45, 7) is 2.30. The normalized spacial score (nSPS) is 10.4. The van der Waals surface area contributed by atoms with Gasteiger partial charge in [0.25, 0.3) is 5.56 Å². The molecule has 0 aliphatic heterocycles. The quantitative estimate of drug-likeness (QED) is 0.842. The average Bonchev–Trinajstić information content (AvgIpc) is 2.31. The van der Waals surface area contributed by atoms with E-state index >= 15 is 0 Å². The Morgan fingerprint density at radius 2 is 2.25 bits per heavy atom. The minimum absolute atomic E-state index is 0.0728. The molecule has 0 amide bonds.